The molecule has 1 nitrogen and oxygen atoms in total. The van der Waals surface area contributed by atoms with E-state index in [1.165, 1.54) is 11.1 Å². The zero-order valence-corrected chi connectivity index (χ0v) is 41.2. The van der Waals surface area contributed by atoms with Gasteiger partial charge < -0.3 is 0 Å². The zero-order chi connectivity index (χ0) is 44.0. The third-order valence-corrected chi connectivity index (χ3v) is 15.0. The van der Waals surface area contributed by atoms with Crippen LogP contribution in [-0.2, 0) is 15.6 Å². The van der Waals surface area contributed by atoms with Crippen molar-refractivity contribution in [2.75, 3.05) is 0 Å². The molecule has 7 rings (SSSR count). The maximum Gasteiger partial charge on any atom is 0.186 e. The van der Waals surface area contributed by atoms with Crippen molar-refractivity contribution in [3.63, 3.8) is 0 Å². The van der Waals surface area contributed by atoms with Gasteiger partial charge >= 0.3 is 0 Å². The molecule has 0 bridgehead atoms. The largest absolute Gasteiger partial charge is 0.289 e. The first-order chi connectivity index (χ1) is 27.8. The SMILES string of the molecule is C=c1c(C(C)(C)C)cc(=C(c2cccc(C(=C3C=C(C(C)(C)C)C(=O)C(C(C)(C)C)=C3)c3sc4cc(Cl)ccc4c3Cl)c2)c2sc3cc(Cl)ccc3c2Cl)cc1C(C)(C)C. The van der Waals surface area contributed by atoms with Crippen LogP contribution in [0.2, 0.25) is 20.1 Å². The molecule has 4 aromatic carbocycles. The van der Waals surface area contributed by atoms with Crippen molar-refractivity contribution in [1.29, 1.82) is 0 Å². The topological polar surface area (TPSA) is 17.1 Å². The Bertz CT molecular complexity index is 2900. The van der Waals surface area contributed by atoms with Gasteiger partial charge in [-0.25, -0.2) is 0 Å². The highest BCUT2D eigenvalue weighted by Gasteiger charge is 2.35. The smallest absolute Gasteiger partial charge is 0.186 e. The van der Waals surface area contributed by atoms with Crippen LogP contribution in [0.1, 0.15) is 115 Å². The van der Waals surface area contributed by atoms with Crippen LogP contribution < -0.4 is 10.4 Å². The summed E-state index contributed by atoms with van der Waals surface area (Å²) in [6, 6.07) is 25.1. The molecule has 0 atom stereocenters. The van der Waals surface area contributed by atoms with Gasteiger partial charge in [0.1, 0.15) is 0 Å². The monoisotopic (exact) mass is 908 g/mol. The van der Waals surface area contributed by atoms with Crippen molar-refractivity contribution < 1.29 is 4.79 Å². The average molecular weight is 911 g/mol. The Labute approximate surface area is 383 Å². The van der Waals surface area contributed by atoms with Gasteiger partial charge in [-0.1, -0.05) is 166 Å². The summed E-state index contributed by atoms with van der Waals surface area (Å²) >= 11 is 31.3. The van der Waals surface area contributed by atoms with Gasteiger partial charge in [0, 0.05) is 52.5 Å². The normalized spacial score (nSPS) is 14.3. The second-order valence-corrected chi connectivity index (χ2v) is 23.8. The van der Waals surface area contributed by atoms with Crippen molar-refractivity contribution in [3.8, 4) is 0 Å². The molecule has 7 heteroatoms. The second-order valence-electron chi connectivity index (χ2n) is 20.1. The Morgan fingerprint density at radius 3 is 1.37 bits per heavy atom. The van der Waals surface area contributed by atoms with Crippen LogP contribution in [-0.4, -0.2) is 5.78 Å². The lowest BCUT2D eigenvalue weighted by molar-refractivity contribution is -0.114. The van der Waals surface area contributed by atoms with Gasteiger partial charge in [0.25, 0.3) is 0 Å². The van der Waals surface area contributed by atoms with Crippen LogP contribution in [0.5, 0.6) is 0 Å². The molecule has 310 valence electrons. The molecule has 1 aliphatic rings. The minimum atomic E-state index is -0.408. The van der Waals surface area contributed by atoms with E-state index in [1.807, 2.05) is 36.4 Å². The number of halogens is 4. The number of benzene rings is 4. The molecule has 0 N–H and O–H groups in total. The molecule has 2 heterocycles. The molecule has 6 aromatic rings. The van der Waals surface area contributed by atoms with Crippen LogP contribution in [0.4, 0.5) is 0 Å². The first-order valence-corrected chi connectivity index (χ1v) is 23.4. The molecule has 1 aliphatic carbocycles. The summed E-state index contributed by atoms with van der Waals surface area (Å²) < 4.78 is 2.01. The summed E-state index contributed by atoms with van der Waals surface area (Å²) in [6.07, 6.45) is 4.17. The van der Waals surface area contributed by atoms with Crippen LogP contribution in [0, 0.1) is 10.8 Å². The highest BCUT2D eigenvalue weighted by Crippen LogP contribution is 2.48. The summed E-state index contributed by atoms with van der Waals surface area (Å²) in [5.41, 5.74) is 7.58. The van der Waals surface area contributed by atoms with Crippen LogP contribution in [0.3, 0.4) is 0 Å². The lowest BCUT2D eigenvalue weighted by Gasteiger charge is -2.32. The Kier molecular flexibility index (Phi) is 11.7. The van der Waals surface area contributed by atoms with Gasteiger partial charge in [0.15, 0.2) is 5.78 Å². The van der Waals surface area contributed by atoms with Crippen LogP contribution >= 0.6 is 69.1 Å². The van der Waals surface area contributed by atoms with E-state index in [-0.39, 0.29) is 16.6 Å². The summed E-state index contributed by atoms with van der Waals surface area (Å²) in [5.74, 6) is 0.0781. The Balaban J connectivity index is 1.66. The van der Waals surface area contributed by atoms with E-state index in [0.29, 0.717) is 20.1 Å². The van der Waals surface area contributed by atoms with Gasteiger partial charge in [0.05, 0.1) is 19.8 Å². The molecule has 0 amide bonds. The quantitative estimate of drug-likeness (QED) is 0.172. The Hall–Kier alpha value is -3.41. The molecule has 0 saturated heterocycles. The van der Waals surface area contributed by atoms with Crippen molar-refractivity contribution >= 4 is 113 Å². The maximum atomic E-state index is 14.3. The van der Waals surface area contributed by atoms with Crippen molar-refractivity contribution in [2.45, 2.75) is 93.9 Å². The number of carbonyl (C=O) groups is 1. The van der Waals surface area contributed by atoms with E-state index in [4.69, 9.17) is 46.4 Å². The van der Waals surface area contributed by atoms with E-state index in [2.05, 4.69) is 138 Å². The van der Waals surface area contributed by atoms with E-state index in [0.717, 1.165) is 79.4 Å². The summed E-state index contributed by atoms with van der Waals surface area (Å²) in [4.78, 5) is 16.2. The Morgan fingerprint density at radius 2 is 0.950 bits per heavy atom. The third kappa shape index (κ3) is 8.40. The summed E-state index contributed by atoms with van der Waals surface area (Å²) in [5, 5.41) is 6.66. The Morgan fingerprint density at radius 1 is 0.533 bits per heavy atom. The van der Waals surface area contributed by atoms with E-state index >= 15 is 0 Å². The molecule has 2 aromatic heterocycles. The predicted molar refractivity (Wildman–Crippen MR) is 266 cm³/mol. The second kappa shape index (κ2) is 15.7. The number of rotatable bonds is 4. The van der Waals surface area contributed by atoms with Crippen molar-refractivity contribution in [1.82, 2.24) is 0 Å². The molecule has 0 unspecified atom stereocenters. The maximum absolute atomic E-state index is 14.3. The highest BCUT2D eigenvalue weighted by atomic mass is 35.5. The molecule has 60 heavy (non-hydrogen) atoms. The molecular formula is C53H52Cl4OS2. The van der Waals surface area contributed by atoms with Gasteiger partial charge in [-0.2, -0.15) is 0 Å². The number of hydrogen-bond acceptors (Lipinski definition) is 3. The standard InChI is InChI=1S/C53H52Cl4OS2/c1-28-37(50(2,3)4)22-31(23-38(28)51(5,6)7)43(48-45(56)35-19-17-33(54)26-41(35)59-48)29-15-14-16-30(21-29)44(49-46(57)36-20-18-34(55)27-42(36)60-49)32-24-39(52(8,9)10)47(58)40(25-32)53(11,12)13/h14-27H,1H2,2-13H3. The average Bonchev–Trinajstić information content (AvgIpc) is 3.61. The lowest BCUT2D eigenvalue weighted by atomic mass is 9.71. The fourth-order valence-corrected chi connectivity index (χ4v) is 11.9. The molecule has 0 spiro atoms. The van der Waals surface area contributed by atoms with Crippen LogP contribution in [0.25, 0.3) is 37.9 Å². The number of allylic oxidation sites excluding steroid dienone is 5. The third-order valence-electron chi connectivity index (χ3n) is 11.2. The first-order valence-electron chi connectivity index (χ1n) is 20.2. The number of thiophene rings is 2. The molecule has 0 radical (unpaired) electrons. The van der Waals surface area contributed by atoms with Gasteiger partial charge in [0.2, 0.25) is 0 Å². The molecule has 0 saturated carbocycles. The minimum Gasteiger partial charge on any atom is -0.289 e. The van der Waals surface area contributed by atoms with Gasteiger partial charge in [-0.3, -0.25) is 4.79 Å². The molecule has 0 fully saturated rings. The fraction of sp³-hybridized carbons (Fsp3) is 0.302. The number of Topliss-reactive ketones (excluding diaryl/α,β-unsaturated/α-hetero) is 1. The number of fused-ring (bicyclic) bond motifs is 2. The van der Waals surface area contributed by atoms with E-state index < -0.39 is 10.8 Å². The number of ketones is 1. The number of hydrogen-bond donors (Lipinski definition) is 0. The first kappa shape index (κ1) is 44.6. The lowest BCUT2D eigenvalue weighted by Crippen LogP contribution is -2.33. The van der Waals surface area contributed by atoms with Crippen molar-refractivity contribution in [2.24, 2.45) is 10.8 Å². The van der Waals surface area contributed by atoms with Crippen LogP contribution in [0.15, 0.2) is 102 Å². The van der Waals surface area contributed by atoms with E-state index in [9.17, 15) is 4.79 Å². The number of carbonyl (C=O) groups excluding carboxylic acids is 1. The summed E-state index contributed by atoms with van der Waals surface area (Å²) in [7, 11) is 0. The zero-order valence-electron chi connectivity index (χ0n) is 36.5. The summed E-state index contributed by atoms with van der Waals surface area (Å²) in [6.45, 7) is 30.8. The molecular weight excluding hydrogens is 859 g/mol. The minimum absolute atomic E-state index is 0.0781. The van der Waals surface area contributed by atoms with Crippen molar-refractivity contribution in [3.05, 3.63) is 164 Å². The predicted octanol–water partition coefficient (Wildman–Crippen LogP) is 16.3. The van der Waals surface area contributed by atoms with E-state index in [1.54, 1.807) is 22.7 Å². The van der Waals surface area contributed by atoms with Gasteiger partial charge in [-0.05, 0) is 115 Å². The molecule has 0 aliphatic heterocycles. The van der Waals surface area contributed by atoms with Gasteiger partial charge in [-0.15, -0.1) is 22.7 Å². The fourth-order valence-electron chi connectivity index (χ4n) is 8.13. The highest BCUT2D eigenvalue weighted by molar-refractivity contribution is 7.21.